The second kappa shape index (κ2) is 10.1. The van der Waals surface area contributed by atoms with E-state index in [-0.39, 0.29) is 69.3 Å². The monoisotopic (exact) mass is 569 g/mol. The van der Waals surface area contributed by atoms with E-state index in [2.05, 4.69) is 0 Å². The van der Waals surface area contributed by atoms with Crippen LogP contribution < -0.4 is 19.8 Å². The molecule has 0 saturated carbocycles. The van der Waals surface area contributed by atoms with Crippen LogP contribution in [0, 0.1) is 17.8 Å². The lowest BCUT2D eigenvalue weighted by molar-refractivity contribution is -0.123. The molecule has 42 heavy (non-hydrogen) atoms. The Balaban J connectivity index is 1.51. The number of rotatable bonds is 5. The van der Waals surface area contributed by atoms with Gasteiger partial charge in [0.15, 0.2) is 11.6 Å². The van der Waals surface area contributed by atoms with Crippen molar-refractivity contribution in [3.63, 3.8) is 0 Å². The molecule has 214 valence electrons. The van der Waals surface area contributed by atoms with Gasteiger partial charge in [-0.25, -0.2) is 0 Å². The van der Waals surface area contributed by atoms with Gasteiger partial charge in [-0.1, -0.05) is 23.8 Å². The van der Waals surface area contributed by atoms with Crippen molar-refractivity contribution < 1.29 is 43.8 Å². The van der Waals surface area contributed by atoms with Gasteiger partial charge in [0.25, 0.3) is 0 Å². The number of hydrogen-bond donors (Lipinski definition) is 3. The summed E-state index contributed by atoms with van der Waals surface area (Å²) in [5, 5.41) is 30.5. The molecule has 3 aliphatic carbocycles. The first-order chi connectivity index (χ1) is 20.1. The molecule has 0 bridgehead atoms. The second-order valence-corrected chi connectivity index (χ2v) is 11.0. The van der Waals surface area contributed by atoms with E-state index in [9.17, 15) is 34.3 Å². The molecular formula is C31H28BNO9. The highest BCUT2D eigenvalue weighted by atomic mass is 16.5. The van der Waals surface area contributed by atoms with Gasteiger partial charge in [0.2, 0.25) is 11.8 Å². The van der Waals surface area contributed by atoms with E-state index in [1.165, 1.54) is 44.6 Å². The number of carbonyl (C=O) groups is 4. The summed E-state index contributed by atoms with van der Waals surface area (Å²) in [5.74, 6) is -4.26. The average molecular weight is 569 g/mol. The van der Waals surface area contributed by atoms with Gasteiger partial charge in [-0.15, -0.1) is 0 Å². The molecule has 1 aliphatic heterocycles. The summed E-state index contributed by atoms with van der Waals surface area (Å²) in [6.45, 7) is 1.56. The number of benzene rings is 2. The molecule has 10 nitrogen and oxygen atoms in total. The second-order valence-electron chi connectivity index (χ2n) is 11.0. The average Bonchev–Trinajstić information content (AvgIpc) is 3.24. The zero-order valence-electron chi connectivity index (χ0n) is 23.2. The van der Waals surface area contributed by atoms with Crippen LogP contribution in [0.5, 0.6) is 17.2 Å². The van der Waals surface area contributed by atoms with E-state index in [0.29, 0.717) is 11.3 Å². The first-order valence-corrected chi connectivity index (χ1v) is 13.6. The Morgan fingerprint density at radius 1 is 0.976 bits per heavy atom. The fourth-order valence-electron chi connectivity index (χ4n) is 6.96. The van der Waals surface area contributed by atoms with E-state index >= 15 is 0 Å². The molecule has 2 aromatic rings. The van der Waals surface area contributed by atoms with Crippen molar-refractivity contribution in [2.24, 2.45) is 17.8 Å². The molecule has 11 heteroatoms. The number of methoxy groups -OCH3 is 2. The summed E-state index contributed by atoms with van der Waals surface area (Å²) in [6, 6.07) is 8.92. The maximum Gasteiger partial charge on any atom is 0.488 e. The maximum absolute atomic E-state index is 14.1. The van der Waals surface area contributed by atoms with Gasteiger partial charge >= 0.3 is 7.12 Å². The standard InChI is InChI=1S/C31H28BNO9/c1-14-9-22(34)26-21(29(14)36)13-20-18(27(26)28-23(35)11-17(41-2)12-24(28)42-3)7-8-19-25(20)31(38)33(30(19)37)16-6-4-5-15(10-16)32(39)40/h4-7,9-12,19-20,25,27,35,39-40H,8,13H2,1-3H3/t19-,20+,25-,27-/m0/s1. The lowest BCUT2D eigenvalue weighted by Crippen LogP contribution is -2.40. The molecule has 0 spiro atoms. The van der Waals surface area contributed by atoms with Crippen LogP contribution in [0.3, 0.4) is 0 Å². The fourth-order valence-corrected chi connectivity index (χ4v) is 6.96. The summed E-state index contributed by atoms with van der Waals surface area (Å²) < 4.78 is 10.9. The van der Waals surface area contributed by atoms with Crippen LogP contribution in [0.4, 0.5) is 5.69 Å². The summed E-state index contributed by atoms with van der Waals surface area (Å²) in [7, 11) is 1.08. The quantitative estimate of drug-likeness (QED) is 0.212. The van der Waals surface area contributed by atoms with Gasteiger partial charge in [-0.3, -0.25) is 24.1 Å². The molecule has 0 unspecified atom stereocenters. The van der Waals surface area contributed by atoms with E-state index in [0.717, 1.165) is 4.90 Å². The Bertz CT molecular complexity index is 1670. The third-order valence-electron chi connectivity index (χ3n) is 8.83. The van der Waals surface area contributed by atoms with Crippen molar-refractivity contribution >= 4 is 41.6 Å². The van der Waals surface area contributed by atoms with Gasteiger partial charge in [-0.05, 0) is 49.4 Å². The van der Waals surface area contributed by atoms with Crippen molar-refractivity contribution in [1.82, 2.24) is 0 Å². The van der Waals surface area contributed by atoms with Crippen LogP contribution >= 0.6 is 0 Å². The van der Waals surface area contributed by atoms with Crippen LogP contribution in [0.2, 0.25) is 0 Å². The first kappa shape index (κ1) is 27.7. The molecule has 2 aromatic carbocycles. The zero-order chi connectivity index (χ0) is 30.0. The molecule has 0 radical (unpaired) electrons. The number of ether oxygens (including phenoxy) is 2. The van der Waals surface area contributed by atoms with Gasteiger partial charge in [-0.2, -0.15) is 0 Å². The maximum atomic E-state index is 14.1. The van der Waals surface area contributed by atoms with Gasteiger partial charge in [0.05, 0.1) is 31.7 Å². The normalized spacial score (nSPS) is 25.0. The molecule has 1 heterocycles. The number of phenols is 1. The molecule has 3 N–H and O–H groups in total. The molecule has 1 saturated heterocycles. The summed E-state index contributed by atoms with van der Waals surface area (Å²) in [5.41, 5.74) is 2.04. The van der Waals surface area contributed by atoms with Gasteiger partial charge in [0.1, 0.15) is 17.2 Å². The van der Waals surface area contributed by atoms with Crippen LogP contribution in [0.1, 0.15) is 31.2 Å². The largest absolute Gasteiger partial charge is 0.507 e. The van der Waals surface area contributed by atoms with Crippen molar-refractivity contribution in [3.8, 4) is 17.2 Å². The van der Waals surface area contributed by atoms with E-state index in [4.69, 9.17) is 9.47 Å². The minimum atomic E-state index is -1.78. The minimum Gasteiger partial charge on any atom is -0.507 e. The molecule has 1 fully saturated rings. The van der Waals surface area contributed by atoms with Crippen LogP contribution in [-0.2, 0) is 19.2 Å². The predicted octanol–water partition coefficient (Wildman–Crippen LogP) is 1.72. The third-order valence-corrected chi connectivity index (χ3v) is 8.83. The number of fused-ring (bicyclic) bond motifs is 3. The predicted molar refractivity (Wildman–Crippen MR) is 151 cm³/mol. The lowest BCUT2D eigenvalue weighted by Gasteiger charge is -2.42. The van der Waals surface area contributed by atoms with Crippen LogP contribution in [0.25, 0.3) is 0 Å². The first-order valence-electron chi connectivity index (χ1n) is 13.6. The summed E-state index contributed by atoms with van der Waals surface area (Å²) in [4.78, 5) is 55.8. The smallest absolute Gasteiger partial charge is 0.488 e. The number of nitrogens with zero attached hydrogens (tertiary/aromatic N) is 1. The van der Waals surface area contributed by atoms with E-state index < -0.39 is 42.6 Å². The Kier molecular flexibility index (Phi) is 6.66. The molecular weight excluding hydrogens is 541 g/mol. The number of amides is 2. The highest BCUT2D eigenvalue weighted by Gasteiger charge is 2.57. The van der Waals surface area contributed by atoms with Crippen molar-refractivity contribution in [2.75, 3.05) is 19.1 Å². The highest BCUT2D eigenvalue weighted by molar-refractivity contribution is 6.58. The SMILES string of the molecule is COc1cc(O)c([C@H]2C3=CC[C@@H]4C(=O)N(c5cccc(B(O)O)c5)C(=O)[C@@H]4[C@@H]3CC3=C2C(=O)C=C(C)C3=O)c(OC)c1. The third kappa shape index (κ3) is 4.03. The number of allylic oxidation sites excluding steroid dienone is 6. The Morgan fingerprint density at radius 2 is 1.74 bits per heavy atom. The number of aromatic hydroxyl groups is 1. The van der Waals surface area contributed by atoms with Crippen molar-refractivity contribution in [2.45, 2.75) is 25.7 Å². The molecule has 6 rings (SSSR count). The van der Waals surface area contributed by atoms with Crippen molar-refractivity contribution in [1.29, 1.82) is 0 Å². The Morgan fingerprint density at radius 3 is 2.43 bits per heavy atom. The number of anilines is 1. The summed E-state index contributed by atoms with van der Waals surface area (Å²) in [6.07, 6.45) is 3.42. The minimum absolute atomic E-state index is 0.0794. The number of imide groups is 1. The summed E-state index contributed by atoms with van der Waals surface area (Å²) >= 11 is 0. The Labute approximate surface area is 241 Å². The topological polar surface area (TPSA) is 151 Å². The van der Waals surface area contributed by atoms with Gasteiger partial charge in [0, 0.05) is 40.3 Å². The molecule has 0 aromatic heterocycles. The van der Waals surface area contributed by atoms with Crippen LogP contribution in [-0.4, -0.2) is 59.9 Å². The van der Waals surface area contributed by atoms with E-state index in [1.54, 1.807) is 19.1 Å². The van der Waals surface area contributed by atoms with Crippen molar-refractivity contribution in [3.05, 3.63) is 76.4 Å². The van der Waals surface area contributed by atoms with Crippen LogP contribution in [0.15, 0.2) is 70.8 Å². The number of carbonyl (C=O) groups excluding carboxylic acids is 4. The number of ketones is 2. The number of Topliss-reactive ketones (excluding diaryl/α,β-unsaturated/α-hetero) is 1. The zero-order valence-corrected chi connectivity index (χ0v) is 23.2. The molecule has 4 aliphatic rings. The van der Waals surface area contributed by atoms with Gasteiger partial charge < -0.3 is 24.6 Å². The van der Waals surface area contributed by atoms with E-state index in [1.807, 2.05) is 6.08 Å². The molecule has 2 amide bonds. The molecule has 4 atom stereocenters. The number of phenolic OH excluding ortho intramolecular Hbond substituents is 1. The fraction of sp³-hybridized carbons (Fsp3) is 0.290. The Hall–Kier alpha value is -4.48. The highest BCUT2D eigenvalue weighted by Crippen LogP contribution is 2.58. The lowest BCUT2D eigenvalue weighted by atomic mass is 9.59. The number of hydrogen-bond acceptors (Lipinski definition) is 9.